The van der Waals surface area contributed by atoms with Crippen molar-refractivity contribution in [2.24, 2.45) is 0 Å². The van der Waals surface area contributed by atoms with E-state index in [4.69, 9.17) is 32.7 Å². The van der Waals surface area contributed by atoms with Crippen LogP contribution in [0.1, 0.15) is 5.56 Å². The highest BCUT2D eigenvalue weighted by Gasteiger charge is 2.19. The fourth-order valence-electron chi connectivity index (χ4n) is 1.99. The quantitative estimate of drug-likeness (QED) is 0.613. The van der Waals surface area contributed by atoms with Gasteiger partial charge in [0.1, 0.15) is 17.9 Å². The molecule has 0 saturated carbocycles. The number of ether oxygens (including phenoxy) is 2. The monoisotopic (exact) mass is 352 g/mol. The van der Waals surface area contributed by atoms with Crippen LogP contribution in [0.2, 0.25) is 10.0 Å². The van der Waals surface area contributed by atoms with Crippen molar-refractivity contribution >= 4 is 34.9 Å². The van der Waals surface area contributed by atoms with Gasteiger partial charge in [-0.15, -0.1) is 0 Å². The van der Waals surface area contributed by atoms with Crippen molar-refractivity contribution in [2.45, 2.75) is 0 Å². The normalized spacial score (nSPS) is 11.6. The van der Waals surface area contributed by atoms with Crippen LogP contribution in [-0.4, -0.2) is 24.8 Å². The Bertz CT molecular complexity index is 706. The van der Waals surface area contributed by atoms with Crippen molar-refractivity contribution < 1.29 is 19.4 Å². The molecule has 6 heteroatoms. The van der Waals surface area contributed by atoms with Crippen molar-refractivity contribution in [1.82, 2.24) is 0 Å². The molecule has 23 heavy (non-hydrogen) atoms. The first-order valence-electron chi connectivity index (χ1n) is 6.67. The van der Waals surface area contributed by atoms with Crippen molar-refractivity contribution in [1.29, 1.82) is 0 Å². The average Bonchev–Trinajstić information content (AvgIpc) is 2.54. The molecule has 0 bridgehead atoms. The number of methoxy groups -OCH3 is 1. The number of carboxylic acids is 1. The largest absolute Gasteiger partial charge is 0.495 e. The topological polar surface area (TPSA) is 55.8 Å². The summed E-state index contributed by atoms with van der Waals surface area (Å²) in [5.74, 6) is -0.687. The fourth-order valence-corrected chi connectivity index (χ4v) is 2.50. The average molecular weight is 353 g/mol. The Kier molecular flexibility index (Phi) is 5.90. The van der Waals surface area contributed by atoms with Gasteiger partial charge < -0.3 is 14.6 Å². The molecule has 120 valence electrons. The number of hydrogen-bond acceptors (Lipinski definition) is 3. The van der Waals surface area contributed by atoms with Gasteiger partial charge in [0.25, 0.3) is 0 Å². The summed E-state index contributed by atoms with van der Waals surface area (Å²) in [5, 5.41) is 10.1. The third-order valence-corrected chi connectivity index (χ3v) is 3.65. The summed E-state index contributed by atoms with van der Waals surface area (Å²) in [6.45, 7) is -0.239. The minimum absolute atomic E-state index is 0.0327. The van der Waals surface area contributed by atoms with Crippen LogP contribution < -0.4 is 4.74 Å². The van der Waals surface area contributed by atoms with Crippen molar-refractivity contribution in [3.05, 3.63) is 69.7 Å². The molecular weight excluding hydrogens is 339 g/mol. The highest BCUT2D eigenvalue weighted by atomic mass is 35.5. The lowest BCUT2D eigenvalue weighted by atomic mass is 10.1. The molecule has 0 aliphatic heterocycles. The van der Waals surface area contributed by atoms with E-state index in [1.54, 1.807) is 42.5 Å². The third-order valence-electron chi connectivity index (χ3n) is 3.05. The lowest BCUT2D eigenvalue weighted by Crippen LogP contribution is -2.14. The smallest absolute Gasteiger partial charge is 0.338 e. The highest BCUT2D eigenvalue weighted by Crippen LogP contribution is 2.33. The zero-order valence-corrected chi connectivity index (χ0v) is 13.8. The van der Waals surface area contributed by atoms with Crippen LogP contribution in [0, 0.1) is 0 Å². The first-order chi connectivity index (χ1) is 11.0. The summed E-state index contributed by atoms with van der Waals surface area (Å²) < 4.78 is 10.8. The van der Waals surface area contributed by atoms with Gasteiger partial charge in [0.15, 0.2) is 5.75 Å². The van der Waals surface area contributed by atoms with E-state index >= 15 is 0 Å². The predicted octanol–water partition coefficient (Wildman–Crippen LogP) is 4.51. The molecule has 2 aromatic carbocycles. The lowest BCUT2D eigenvalue weighted by Gasteiger charge is -2.14. The van der Waals surface area contributed by atoms with Crippen molar-refractivity contribution in [2.75, 3.05) is 13.7 Å². The molecule has 1 N–H and O–H groups in total. The van der Waals surface area contributed by atoms with Gasteiger partial charge in [-0.05, 0) is 12.1 Å². The summed E-state index contributed by atoms with van der Waals surface area (Å²) in [7, 11) is 1.41. The molecule has 0 heterocycles. The van der Waals surface area contributed by atoms with Gasteiger partial charge in [0, 0.05) is 5.56 Å². The molecule has 0 radical (unpaired) electrons. The second-order valence-corrected chi connectivity index (χ2v) is 5.34. The molecule has 2 rings (SSSR count). The molecule has 4 nitrogen and oxygen atoms in total. The fraction of sp³-hybridized carbons (Fsp3) is 0.118. The lowest BCUT2D eigenvalue weighted by molar-refractivity contribution is -0.133. The minimum Gasteiger partial charge on any atom is -0.495 e. The molecule has 0 saturated heterocycles. The third kappa shape index (κ3) is 4.18. The number of carbonyl (C=O) groups is 1. The van der Waals surface area contributed by atoms with E-state index in [-0.39, 0.29) is 23.7 Å². The summed E-state index contributed by atoms with van der Waals surface area (Å²) in [6, 6.07) is 13.8. The maximum atomic E-state index is 11.6. The van der Waals surface area contributed by atoms with Crippen LogP contribution in [0.15, 0.2) is 54.1 Å². The van der Waals surface area contributed by atoms with Gasteiger partial charge in [-0.25, -0.2) is 4.79 Å². The van der Waals surface area contributed by atoms with Crippen LogP contribution >= 0.6 is 23.2 Å². The number of hydrogen-bond donors (Lipinski definition) is 1. The molecule has 0 spiro atoms. The van der Waals surface area contributed by atoms with Crippen LogP contribution in [-0.2, 0) is 9.53 Å². The predicted molar refractivity (Wildman–Crippen MR) is 90.0 cm³/mol. The molecule has 0 aliphatic rings. The zero-order chi connectivity index (χ0) is 16.8. The standard InChI is InChI=1S/C17H14Cl2O4/c1-22-15(11-6-3-2-4-7-11)12(17(20)21)10-23-16-13(18)8-5-9-14(16)19/h2-9H,10H2,1H3,(H,20,21)/b15-12+. The zero-order valence-electron chi connectivity index (χ0n) is 12.3. The summed E-state index contributed by atoms with van der Waals surface area (Å²) in [5.41, 5.74) is 0.607. The van der Waals surface area contributed by atoms with Gasteiger partial charge in [-0.1, -0.05) is 59.6 Å². The number of rotatable bonds is 6. The number of para-hydroxylation sites is 1. The van der Waals surface area contributed by atoms with E-state index in [2.05, 4.69) is 0 Å². The molecule has 0 aromatic heterocycles. The Labute approximate surface area is 143 Å². The molecule has 2 aromatic rings. The van der Waals surface area contributed by atoms with Crippen LogP contribution in [0.25, 0.3) is 5.76 Å². The Morgan fingerprint density at radius 1 is 1.04 bits per heavy atom. The van der Waals surface area contributed by atoms with E-state index in [1.165, 1.54) is 7.11 Å². The van der Waals surface area contributed by atoms with Crippen molar-refractivity contribution in [3.8, 4) is 5.75 Å². The second-order valence-electron chi connectivity index (χ2n) is 4.52. The highest BCUT2D eigenvalue weighted by molar-refractivity contribution is 6.37. The Hall–Kier alpha value is -2.17. The van der Waals surface area contributed by atoms with Crippen LogP contribution in [0.3, 0.4) is 0 Å². The summed E-state index contributed by atoms with van der Waals surface area (Å²) in [4.78, 5) is 11.6. The van der Waals surface area contributed by atoms with E-state index in [0.717, 1.165) is 0 Å². The van der Waals surface area contributed by atoms with E-state index < -0.39 is 5.97 Å². The summed E-state index contributed by atoms with van der Waals surface area (Å²) in [6.07, 6.45) is 0. The number of aliphatic carboxylic acids is 1. The SMILES string of the molecule is CO/C(=C(\COc1c(Cl)cccc1Cl)C(=O)O)c1ccccc1. The molecule has 0 amide bonds. The molecule has 0 aliphatic carbocycles. The second kappa shape index (κ2) is 7.90. The van der Waals surface area contributed by atoms with E-state index in [9.17, 15) is 9.90 Å². The van der Waals surface area contributed by atoms with Gasteiger partial charge in [0.05, 0.1) is 17.2 Å². The number of carboxylic acid groups (broad SMARTS) is 1. The molecule has 0 fully saturated rings. The maximum absolute atomic E-state index is 11.6. The first-order valence-corrected chi connectivity index (χ1v) is 7.43. The molecular formula is C17H14Cl2O4. The van der Waals surface area contributed by atoms with Gasteiger partial charge >= 0.3 is 5.97 Å². The van der Waals surface area contributed by atoms with Crippen molar-refractivity contribution in [3.63, 3.8) is 0 Å². The van der Waals surface area contributed by atoms with Crippen LogP contribution in [0.5, 0.6) is 5.75 Å². The van der Waals surface area contributed by atoms with E-state index in [0.29, 0.717) is 15.6 Å². The number of halogens is 2. The Balaban J connectivity index is 2.35. The van der Waals surface area contributed by atoms with Gasteiger partial charge in [0.2, 0.25) is 0 Å². The minimum atomic E-state index is -1.14. The Morgan fingerprint density at radius 2 is 1.65 bits per heavy atom. The number of benzene rings is 2. The van der Waals surface area contributed by atoms with Gasteiger partial charge in [-0.2, -0.15) is 0 Å². The first kappa shape index (κ1) is 17.2. The summed E-state index contributed by atoms with van der Waals surface area (Å²) >= 11 is 12.0. The maximum Gasteiger partial charge on any atom is 0.338 e. The molecule has 0 unspecified atom stereocenters. The molecule has 0 atom stereocenters. The van der Waals surface area contributed by atoms with Crippen LogP contribution in [0.4, 0.5) is 0 Å². The Morgan fingerprint density at radius 3 is 2.17 bits per heavy atom. The van der Waals surface area contributed by atoms with Gasteiger partial charge in [-0.3, -0.25) is 0 Å². The van der Waals surface area contributed by atoms with E-state index in [1.807, 2.05) is 6.07 Å².